The fraction of sp³-hybridized carbons (Fsp3) is 0.533. The molecule has 0 radical (unpaired) electrons. The number of ketones is 1. The molecule has 0 amide bonds. The molecule has 1 aromatic heterocycles. The van der Waals surface area contributed by atoms with Crippen molar-refractivity contribution in [3.63, 3.8) is 0 Å². The first kappa shape index (κ1) is 15.5. The summed E-state index contributed by atoms with van der Waals surface area (Å²) in [7, 11) is 0. The number of nitriles is 1. The Morgan fingerprint density at radius 2 is 1.81 bits per heavy atom. The van der Waals surface area contributed by atoms with E-state index in [9.17, 15) is 23.2 Å². The highest BCUT2D eigenvalue weighted by molar-refractivity contribution is 5.90. The van der Waals surface area contributed by atoms with Crippen LogP contribution in [0.25, 0.3) is 0 Å². The largest absolute Gasteiger partial charge is 0.391 e. The zero-order valence-corrected chi connectivity index (χ0v) is 11.3. The first-order valence-corrected chi connectivity index (χ1v) is 6.83. The number of hydrogen-bond donors (Lipinski definition) is 0. The van der Waals surface area contributed by atoms with Crippen LogP contribution in [0.3, 0.4) is 0 Å². The molecule has 0 aromatic carbocycles. The van der Waals surface area contributed by atoms with Gasteiger partial charge in [-0.2, -0.15) is 18.4 Å². The number of pyridine rings is 1. The van der Waals surface area contributed by atoms with E-state index in [4.69, 9.17) is 0 Å². The normalized spacial score (nSPS) is 24.1. The highest BCUT2D eigenvalue weighted by Gasteiger charge is 2.43. The molecule has 21 heavy (non-hydrogen) atoms. The van der Waals surface area contributed by atoms with E-state index < -0.39 is 23.9 Å². The molecule has 0 N–H and O–H groups in total. The third-order valence-electron chi connectivity index (χ3n) is 4.05. The van der Waals surface area contributed by atoms with Gasteiger partial charge in [0.15, 0.2) is 5.78 Å². The standard InChI is InChI=1S/C15H15F3N2O/c16-15(17,18)12-3-1-11(2-4-12)14(21)13(9-19)10-5-7-20-8-6-10/h5-8,11-13H,1-4H2. The van der Waals surface area contributed by atoms with Crippen molar-refractivity contribution in [1.82, 2.24) is 4.98 Å². The molecular formula is C15H15F3N2O. The Labute approximate surface area is 120 Å². The summed E-state index contributed by atoms with van der Waals surface area (Å²) in [6.45, 7) is 0. The van der Waals surface area contributed by atoms with Gasteiger partial charge < -0.3 is 0 Å². The molecule has 0 spiro atoms. The number of alkyl halides is 3. The summed E-state index contributed by atoms with van der Waals surface area (Å²) in [6.07, 6.45) is -0.865. The van der Waals surface area contributed by atoms with Crippen LogP contribution in [0, 0.1) is 23.2 Å². The van der Waals surface area contributed by atoms with E-state index in [1.165, 1.54) is 12.4 Å². The molecule has 6 heteroatoms. The lowest BCUT2D eigenvalue weighted by Gasteiger charge is -2.29. The van der Waals surface area contributed by atoms with E-state index in [0.29, 0.717) is 5.56 Å². The van der Waals surface area contributed by atoms with E-state index in [0.717, 1.165) is 0 Å². The van der Waals surface area contributed by atoms with Gasteiger partial charge in [-0.1, -0.05) is 0 Å². The van der Waals surface area contributed by atoms with Gasteiger partial charge in [0.25, 0.3) is 0 Å². The highest BCUT2D eigenvalue weighted by atomic mass is 19.4. The number of Topliss-reactive ketones (excluding diaryl/α,β-unsaturated/α-hetero) is 1. The smallest absolute Gasteiger partial charge is 0.298 e. The lowest BCUT2D eigenvalue weighted by atomic mass is 9.76. The van der Waals surface area contributed by atoms with Crippen LogP contribution < -0.4 is 0 Å². The Morgan fingerprint density at radius 1 is 1.24 bits per heavy atom. The SMILES string of the molecule is N#CC(C(=O)C1CCC(C(F)(F)F)CC1)c1ccncc1. The monoisotopic (exact) mass is 296 g/mol. The van der Waals surface area contributed by atoms with E-state index in [2.05, 4.69) is 4.98 Å². The van der Waals surface area contributed by atoms with Gasteiger partial charge in [0.2, 0.25) is 0 Å². The van der Waals surface area contributed by atoms with Crippen molar-refractivity contribution >= 4 is 5.78 Å². The molecule has 1 saturated carbocycles. The van der Waals surface area contributed by atoms with Crippen LogP contribution >= 0.6 is 0 Å². The average molecular weight is 296 g/mol. The van der Waals surface area contributed by atoms with Gasteiger partial charge >= 0.3 is 6.18 Å². The predicted molar refractivity (Wildman–Crippen MR) is 69.1 cm³/mol. The van der Waals surface area contributed by atoms with Crippen molar-refractivity contribution in [3.8, 4) is 6.07 Å². The summed E-state index contributed by atoms with van der Waals surface area (Å²) < 4.78 is 37.8. The zero-order chi connectivity index (χ0) is 15.5. The molecule has 3 nitrogen and oxygen atoms in total. The molecule has 0 bridgehead atoms. The van der Waals surface area contributed by atoms with Gasteiger partial charge in [0.1, 0.15) is 5.92 Å². The molecule has 112 valence electrons. The van der Waals surface area contributed by atoms with Crippen LogP contribution in [0.5, 0.6) is 0 Å². The quantitative estimate of drug-likeness (QED) is 0.856. The number of hydrogen-bond acceptors (Lipinski definition) is 3. The third kappa shape index (κ3) is 3.60. The Hall–Kier alpha value is -1.90. The van der Waals surface area contributed by atoms with Crippen molar-refractivity contribution in [1.29, 1.82) is 5.26 Å². The number of carbonyl (C=O) groups excluding carboxylic acids is 1. The van der Waals surface area contributed by atoms with Gasteiger partial charge in [0, 0.05) is 18.3 Å². The molecule has 1 aromatic rings. The average Bonchev–Trinajstić information content (AvgIpc) is 2.48. The van der Waals surface area contributed by atoms with Crippen molar-refractivity contribution in [2.24, 2.45) is 11.8 Å². The van der Waals surface area contributed by atoms with E-state index in [-0.39, 0.29) is 31.5 Å². The lowest BCUT2D eigenvalue weighted by molar-refractivity contribution is -0.184. The Kier molecular flexibility index (Phi) is 4.61. The third-order valence-corrected chi connectivity index (χ3v) is 4.05. The summed E-state index contributed by atoms with van der Waals surface area (Å²) in [5.41, 5.74) is 0.551. The van der Waals surface area contributed by atoms with Crippen molar-refractivity contribution in [3.05, 3.63) is 30.1 Å². The van der Waals surface area contributed by atoms with Crippen LogP contribution in [0.1, 0.15) is 37.2 Å². The fourth-order valence-electron chi connectivity index (χ4n) is 2.80. The minimum atomic E-state index is -4.19. The lowest BCUT2D eigenvalue weighted by Crippen LogP contribution is -2.31. The first-order valence-electron chi connectivity index (χ1n) is 6.83. The maximum absolute atomic E-state index is 12.6. The van der Waals surface area contributed by atoms with Crippen LogP contribution in [0.2, 0.25) is 0 Å². The van der Waals surface area contributed by atoms with E-state index >= 15 is 0 Å². The molecule has 1 aliphatic rings. The highest BCUT2D eigenvalue weighted by Crippen LogP contribution is 2.40. The number of rotatable bonds is 3. The molecule has 2 rings (SSSR count). The van der Waals surface area contributed by atoms with Crippen LogP contribution in [-0.4, -0.2) is 16.9 Å². The number of halogens is 3. The summed E-state index contributed by atoms with van der Waals surface area (Å²) in [5.74, 6) is -2.96. The maximum atomic E-state index is 12.6. The number of nitrogens with zero attached hydrogens (tertiary/aromatic N) is 2. The minimum Gasteiger partial charge on any atom is -0.298 e. The Morgan fingerprint density at radius 3 is 2.29 bits per heavy atom. The van der Waals surface area contributed by atoms with E-state index in [1.807, 2.05) is 6.07 Å². The summed E-state index contributed by atoms with van der Waals surface area (Å²) in [5, 5.41) is 9.19. The second kappa shape index (κ2) is 6.25. The van der Waals surface area contributed by atoms with Crippen LogP contribution in [0.4, 0.5) is 13.2 Å². The first-order chi connectivity index (χ1) is 9.93. The molecule has 0 saturated heterocycles. The number of carbonyl (C=O) groups is 1. The maximum Gasteiger partial charge on any atom is 0.391 e. The van der Waals surface area contributed by atoms with Gasteiger partial charge in [-0.25, -0.2) is 0 Å². The minimum absolute atomic E-state index is 0.0333. The molecule has 1 fully saturated rings. The van der Waals surface area contributed by atoms with Gasteiger partial charge in [-0.05, 0) is 43.4 Å². The molecule has 1 atom stereocenters. The van der Waals surface area contributed by atoms with E-state index in [1.54, 1.807) is 12.1 Å². The predicted octanol–water partition coefficient (Wildman–Crippen LogP) is 3.63. The molecule has 0 aliphatic heterocycles. The topological polar surface area (TPSA) is 53.8 Å². The second-order valence-electron chi connectivity index (χ2n) is 5.34. The van der Waals surface area contributed by atoms with Crippen molar-refractivity contribution < 1.29 is 18.0 Å². The van der Waals surface area contributed by atoms with Gasteiger partial charge in [-0.3, -0.25) is 9.78 Å². The van der Waals surface area contributed by atoms with Crippen molar-refractivity contribution in [2.45, 2.75) is 37.8 Å². The summed E-state index contributed by atoms with van der Waals surface area (Å²) in [6, 6.07) is 5.14. The molecule has 1 heterocycles. The van der Waals surface area contributed by atoms with Crippen LogP contribution in [-0.2, 0) is 4.79 Å². The molecule has 1 unspecified atom stereocenters. The zero-order valence-electron chi connectivity index (χ0n) is 11.3. The number of aromatic nitrogens is 1. The Bertz CT molecular complexity index is 528. The van der Waals surface area contributed by atoms with Gasteiger partial charge in [-0.15, -0.1) is 0 Å². The Balaban J connectivity index is 2.03. The molecular weight excluding hydrogens is 281 g/mol. The second-order valence-corrected chi connectivity index (χ2v) is 5.34. The van der Waals surface area contributed by atoms with Crippen molar-refractivity contribution in [2.75, 3.05) is 0 Å². The van der Waals surface area contributed by atoms with Crippen LogP contribution in [0.15, 0.2) is 24.5 Å². The van der Waals surface area contributed by atoms with Gasteiger partial charge in [0.05, 0.1) is 12.0 Å². The molecule has 1 aliphatic carbocycles. The summed E-state index contributed by atoms with van der Waals surface area (Å²) in [4.78, 5) is 16.2. The summed E-state index contributed by atoms with van der Waals surface area (Å²) >= 11 is 0. The fourth-order valence-corrected chi connectivity index (χ4v) is 2.80.